The van der Waals surface area contributed by atoms with Gasteiger partial charge in [-0.25, -0.2) is 9.37 Å². The molecule has 4 heteroatoms. The second-order valence-corrected chi connectivity index (χ2v) is 3.59. The van der Waals surface area contributed by atoms with Crippen molar-refractivity contribution in [1.29, 1.82) is 0 Å². The highest BCUT2D eigenvalue weighted by Crippen LogP contribution is 2.24. The minimum atomic E-state index is -0.367. The molecule has 0 amide bonds. The molecular formula is C11H10ClFN2. The van der Waals surface area contributed by atoms with Crippen molar-refractivity contribution in [3.63, 3.8) is 0 Å². The molecule has 2 aromatic rings. The number of halogens is 2. The van der Waals surface area contributed by atoms with Gasteiger partial charge in [0.1, 0.15) is 11.6 Å². The number of nitrogens with one attached hydrogen (secondary N) is 1. The highest BCUT2D eigenvalue weighted by atomic mass is 35.5. The van der Waals surface area contributed by atoms with Gasteiger partial charge in [-0.05, 0) is 25.1 Å². The molecule has 0 fully saturated rings. The van der Waals surface area contributed by atoms with Crippen molar-refractivity contribution in [2.75, 3.05) is 11.9 Å². The summed E-state index contributed by atoms with van der Waals surface area (Å²) in [6.07, 6.45) is 0. The molecule has 15 heavy (non-hydrogen) atoms. The maximum atomic E-state index is 13.1. The standard InChI is InChI=1S/C11H10ClFN2/c1-2-14-11-4-3-8-9(12)5-7(13)6-10(8)15-11/h3-6H,2H2,1H3,(H,14,15). The van der Waals surface area contributed by atoms with Crippen LogP contribution in [0.25, 0.3) is 10.9 Å². The molecule has 0 radical (unpaired) electrons. The second kappa shape index (κ2) is 4.03. The number of anilines is 1. The van der Waals surface area contributed by atoms with Gasteiger partial charge in [-0.3, -0.25) is 0 Å². The molecule has 2 nitrogen and oxygen atoms in total. The quantitative estimate of drug-likeness (QED) is 0.845. The Bertz CT molecular complexity index is 499. The highest BCUT2D eigenvalue weighted by Gasteiger charge is 2.04. The number of aromatic nitrogens is 1. The van der Waals surface area contributed by atoms with Gasteiger partial charge in [-0.15, -0.1) is 0 Å². The van der Waals surface area contributed by atoms with Crippen molar-refractivity contribution in [1.82, 2.24) is 4.98 Å². The van der Waals surface area contributed by atoms with Gasteiger partial charge in [0.05, 0.1) is 10.5 Å². The smallest absolute Gasteiger partial charge is 0.126 e. The van der Waals surface area contributed by atoms with Gasteiger partial charge in [-0.1, -0.05) is 11.6 Å². The van der Waals surface area contributed by atoms with E-state index in [-0.39, 0.29) is 5.82 Å². The van der Waals surface area contributed by atoms with Crippen molar-refractivity contribution >= 4 is 28.3 Å². The lowest BCUT2D eigenvalue weighted by atomic mass is 10.2. The lowest BCUT2D eigenvalue weighted by molar-refractivity contribution is 0.629. The van der Waals surface area contributed by atoms with E-state index in [2.05, 4.69) is 10.3 Å². The van der Waals surface area contributed by atoms with Crippen LogP contribution in [0.1, 0.15) is 6.92 Å². The van der Waals surface area contributed by atoms with Gasteiger partial charge in [0.15, 0.2) is 0 Å². The summed E-state index contributed by atoms with van der Waals surface area (Å²) in [6, 6.07) is 6.33. The van der Waals surface area contributed by atoms with E-state index >= 15 is 0 Å². The van der Waals surface area contributed by atoms with Crippen LogP contribution in [0, 0.1) is 5.82 Å². The van der Waals surface area contributed by atoms with Crippen LogP contribution in [-0.4, -0.2) is 11.5 Å². The second-order valence-electron chi connectivity index (χ2n) is 3.18. The molecule has 1 N–H and O–H groups in total. The normalized spacial score (nSPS) is 10.6. The van der Waals surface area contributed by atoms with E-state index in [0.29, 0.717) is 10.5 Å². The van der Waals surface area contributed by atoms with Gasteiger partial charge in [0.25, 0.3) is 0 Å². The highest BCUT2D eigenvalue weighted by molar-refractivity contribution is 6.35. The van der Waals surface area contributed by atoms with Crippen molar-refractivity contribution in [2.24, 2.45) is 0 Å². The fraction of sp³-hybridized carbons (Fsp3) is 0.182. The predicted molar refractivity (Wildman–Crippen MR) is 60.9 cm³/mol. The summed E-state index contributed by atoms with van der Waals surface area (Å²) in [7, 11) is 0. The summed E-state index contributed by atoms with van der Waals surface area (Å²) in [5.74, 6) is 0.361. The third kappa shape index (κ3) is 2.02. The topological polar surface area (TPSA) is 24.9 Å². The van der Waals surface area contributed by atoms with Gasteiger partial charge in [0.2, 0.25) is 0 Å². The fourth-order valence-corrected chi connectivity index (χ4v) is 1.70. The summed E-state index contributed by atoms with van der Waals surface area (Å²) >= 11 is 5.89. The molecule has 0 aliphatic heterocycles. The van der Waals surface area contributed by atoms with Crippen molar-refractivity contribution in [2.45, 2.75) is 6.92 Å². The Labute approximate surface area is 92.1 Å². The van der Waals surface area contributed by atoms with E-state index < -0.39 is 0 Å². The Kier molecular flexibility index (Phi) is 2.73. The summed E-state index contributed by atoms with van der Waals surface area (Å²) in [6.45, 7) is 2.76. The third-order valence-corrected chi connectivity index (χ3v) is 2.39. The minimum Gasteiger partial charge on any atom is -0.370 e. The molecule has 0 saturated heterocycles. The average molecular weight is 225 g/mol. The zero-order chi connectivity index (χ0) is 10.8. The van der Waals surface area contributed by atoms with Crippen LogP contribution in [0.5, 0.6) is 0 Å². The number of rotatable bonds is 2. The molecule has 1 aromatic heterocycles. The third-order valence-electron chi connectivity index (χ3n) is 2.08. The Hall–Kier alpha value is -1.35. The van der Waals surface area contributed by atoms with Crippen molar-refractivity contribution in [3.05, 3.63) is 35.1 Å². The van der Waals surface area contributed by atoms with E-state index in [1.165, 1.54) is 12.1 Å². The summed E-state index contributed by atoms with van der Waals surface area (Å²) < 4.78 is 13.1. The van der Waals surface area contributed by atoms with Crippen molar-refractivity contribution < 1.29 is 4.39 Å². The van der Waals surface area contributed by atoms with Crippen LogP contribution in [0.4, 0.5) is 10.2 Å². The molecular weight excluding hydrogens is 215 g/mol. The number of hydrogen-bond acceptors (Lipinski definition) is 2. The van der Waals surface area contributed by atoms with E-state index in [9.17, 15) is 4.39 Å². The van der Waals surface area contributed by atoms with Crippen LogP contribution in [0.3, 0.4) is 0 Å². The first kappa shape index (κ1) is 10.2. The Morgan fingerprint density at radius 2 is 2.20 bits per heavy atom. The predicted octanol–water partition coefficient (Wildman–Crippen LogP) is 3.46. The SMILES string of the molecule is CCNc1ccc2c(Cl)cc(F)cc2n1. The monoisotopic (exact) mass is 224 g/mol. The molecule has 78 valence electrons. The molecule has 0 spiro atoms. The van der Waals surface area contributed by atoms with E-state index in [1.54, 1.807) is 0 Å². The fourth-order valence-electron chi connectivity index (χ4n) is 1.44. The van der Waals surface area contributed by atoms with Crippen molar-refractivity contribution in [3.8, 4) is 0 Å². The summed E-state index contributed by atoms with van der Waals surface area (Å²) in [5.41, 5.74) is 0.568. The minimum absolute atomic E-state index is 0.367. The Morgan fingerprint density at radius 1 is 1.40 bits per heavy atom. The molecule has 1 aromatic carbocycles. The van der Waals surface area contributed by atoms with Crippen LogP contribution in [0.2, 0.25) is 5.02 Å². The molecule has 0 atom stereocenters. The summed E-state index contributed by atoms with van der Waals surface area (Å²) in [4.78, 5) is 4.25. The maximum absolute atomic E-state index is 13.1. The van der Waals surface area contributed by atoms with E-state index in [0.717, 1.165) is 17.7 Å². The zero-order valence-corrected chi connectivity index (χ0v) is 8.98. The van der Waals surface area contributed by atoms with Crippen LogP contribution < -0.4 is 5.32 Å². The Balaban J connectivity index is 2.60. The van der Waals surface area contributed by atoms with Crippen LogP contribution in [0.15, 0.2) is 24.3 Å². The zero-order valence-electron chi connectivity index (χ0n) is 8.22. The first-order valence-corrected chi connectivity index (χ1v) is 5.08. The lowest BCUT2D eigenvalue weighted by Gasteiger charge is -2.05. The molecule has 0 unspecified atom stereocenters. The molecule has 0 bridgehead atoms. The first-order chi connectivity index (χ1) is 7.20. The average Bonchev–Trinajstić information content (AvgIpc) is 2.17. The number of hydrogen-bond donors (Lipinski definition) is 1. The van der Waals surface area contributed by atoms with Gasteiger partial charge in [0, 0.05) is 18.0 Å². The van der Waals surface area contributed by atoms with Gasteiger partial charge < -0.3 is 5.32 Å². The van der Waals surface area contributed by atoms with E-state index in [4.69, 9.17) is 11.6 Å². The van der Waals surface area contributed by atoms with Crippen LogP contribution in [-0.2, 0) is 0 Å². The number of nitrogens with zero attached hydrogens (tertiary/aromatic N) is 1. The maximum Gasteiger partial charge on any atom is 0.126 e. The van der Waals surface area contributed by atoms with Gasteiger partial charge in [-0.2, -0.15) is 0 Å². The summed E-state index contributed by atoms with van der Waals surface area (Å²) in [5, 5.41) is 4.21. The number of benzene rings is 1. The van der Waals surface area contributed by atoms with E-state index in [1.807, 2.05) is 19.1 Å². The molecule has 0 aliphatic carbocycles. The molecule has 2 rings (SSSR count). The number of fused-ring (bicyclic) bond motifs is 1. The molecule has 1 heterocycles. The molecule has 0 aliphatic rings. The number of pyridine rings is 1. The largest absolute Gasteiger partial charge is 0.370 e. The Morgan fingerprint density at radius 3 is 2.93 bits per heavy atom. The molecule has 0 saturated carbocycles. The lowest BCUT2D eigenvalue weighted by Crippen LogP contribution is -1.98. The first-order valence-electron chi connectivity index (χ1n) is 4.70. The van der Waals surface area contributed by atoms with Gasteiger partial charge >= 0.3 is 0 Å². The van der Waals surface area contributed by atoms with Crippen LogP contribution >= 0.6 is 11.6 Å².